The number of phenols is 1. The van der Waals surface area contributed by atoms with Gasteiger partial charge in [-0.15, -0.1) is 6.42 Å². The van der Waals surface area contributed by atoms with Gasteiger partial charge >= 0.3 is 5.97 Å². The van der Waals surface area contributed by atoms with E-state index in [1.54, 1.807) is 24.3 Å². The maximum absolute atomic E-state index is 11.4. The number of pyridine rings is 1. The summed E-state index contributed by atoms with van der Waals surface area (Å²) < 4.78 is 5.11. The van der Waals surface area contributed by atoms with Crippen LogP contribution in [-0.2, 0) is 0 Å². The number of benzene rings is 2. The lowest BCUT2D eigenvalue weighted by molar-refractivity contribution is 0.0697. The van der Waals surface area contributed by atoms with Gasteiger partial charge in [0.25, 0.3) is 0 Å². The van der Waals surface area contributed by atoms with E-state index in [-0.39, 0.29) is 16.9 Å². The van der Waals surface area contributed by atoms with Gasteiger partial charge in [-0.3, -0.25) is 4.98 Å². The maximum Gasteiger partial charge on any atom is 0.337 e. The van der Waals surface area contributed by atoms with Gasteiger partial charge in [0, 0.05) is 22.9 Å². The van der Waals surface area contributed by atoms with Crippen LogP contribution in [0.15, 0.2) is 54.7 Å². The third-order valence-electron chi connectivity index (χ3n) is 3.85. The molecule has 0 unspecified atom stereocenters. The van der Waals surface area contributed by atoms with Gasteiger partial charge in [0.2, 0.25) is 0 Å². The van der Waals surface area contributed by atoms with E-state index in [1.807, 2.05) is 12.3 Å². The number of phenolic OH excluding ortho intramolecular Hbond substituents is 1. The fourth-order valence-electron chi connectivity index (χ4n) is 2.54. The second-order valence-corrected chi connectivity index (χ2v) is 5.53. The number of carbonyl (C=O) groups is 1. The third-order valence-corrected chi connectivity index (χ3v) is 3.85. The monoisotopic (exact) mass is 345 g/mol. The van der Waals surface area contributed by atoms with Crippen molar-refractivity contribution in [3.63, 3.8) is 0 Å². The zero-order valence-electron chi connectivity index (χ0n) is 13.9. The highest BCUT2D eigenvalue weighted by Crippen LogP contribution is 2.32. The molecule has 0 atom stereocenters. The molecule has 128 valence electrons. The van der Waals surface area contributed by atoms with Crippen molar-refractivity contribution in [3.8, 4) is 46.2 Å². The Hall–Kier alpha value is -3.78. The lowest BCUT2D eigenvalue weighted by Crippen LogP contribution is -2.03. The molecular weight excluding hydrogens is 330 g/mol. The second kappa shape index (κ2) is 6.99. The van der Waals surface area contributed by atoms with E-state index in [9.17, 15) is 15.0 Å². The molecule has 2 aliphatic rings. The molecule has 0 saturated heterocycles. The van der Waals surface area contributed by atoms with Crippen molar-refractivity contribution >= 4 is 5.97 Å². The summed E-state index contributed by atoms with van der Waals surface area (Å²) in [4.78, 5) is 15.4. The minimum Gasteiger partial charge on any atom is -0.508 e. The first-order chi connectivity index (χ1) is 12.5. The molecule has 0 saturated carbocycles. The van der Waals surface area contributed by atoms with Crippen molar-refractivity contribution in [2.45, 2.75) is 0 Å². The molecule has 26 heavy (non-hydrogen) atoms. The number of aromatic hydroxyl groups is 1. The molecule has 1 heterocycles. The van der Waals surface area contributed by atoms with Crippen molar-refractivity contribution in [1.82, 2.24) is 4.98 Å². The number of carboxylic acid groups (broad SMARTS) is 1. The van der Waals surface area contributed by atoms with Crippen molar-refractivity contribution in [3.05, 3.63) is 65.9 Å². The average Bonchev–Trinajstić information content (AvgIpc) is 3.26. The molecule has 1 aliphatic carbocycles. The number of methoxy groups -OCH3 is 1. The molecule has 2 N–H and O–H groups in total. The van der Waals surface area contributed by atoms with Gasteiger partial charge in [-0.2, -0.15) is 0 Å². The Kier molecular flexibility index (Phi) is 4.59. The highest BCUT2D eigenvalue weighted by molar-refractivity contribution is 5.99. The van der Waals surface area contributed by atoms with Gasteiger partial charge in [-0.05, 0) is 42.0 Å². The summed E-state index contributed by atoms with van der Waals surface area (Å²) in [5.41, 5.74) is 3.57. The molecule has 4 rings (SSSR count). The summed E-state index contributed by atoms with van der Waals surface area (Å²) in [5, 5.41) is 19.0. The Morgan fingerprint density at radius 3 is 2.46 bits per heavy atom. The van der Waals surface area contributed by atoms with E-state index in [4.69, 9.17) is 11.2 Å². The van der Waals surface area contributed by atoms with Gasteiger partial charge in [-0.25, -0.2) is 4.79 Å². The Morgan fingerprint density at radius 2 is 1.96 bits per heavy atom. The predicted octanol–water partition coefficient (Wildman–Crippen LogP) is 3.81. The van der Waals surface area contributed by atoms with Crippen molar-refractivity contribution in [1.29, 1.82) is 0 Å². The van der Waals surface area contributed by atoms with Crippen molar-refractivity contribution in [2.24, 2.45) is 0 Å². The molecular formula is C21H15NO4. The first-order valence-corrected chi connectivity index (χ1v) is 7.71. The van der Waals surface area contributed by atoms with Crippen LogP contribution in [-0.4, -0.2) is 28.3 Å². The molecule has 0 fully saturated rings. The van der Waals surface area contributed by atoms with Gasteiger partial charge in [0.1, 0.15) is 11.5 Å². The van der Waals surface area contributed by atoms with Crippen LogP contribution in [0, 0.1) is 12.3 Å². The number of carboxylic acids is 1. The van der Waals surface area contributed by atoms with Crippen LogP contribution in [0.3, 0.4) is 0 Å². The number of nitrogens with zero attached hydrogens (tertiary/aromatic N) is 1. The number of hydrogen-bond acceptors (Lipinski definition) is 4. The van der Waals surface area contributed by atoms with E-state index in [0.717, 1.165) is 0 Å². The van der Waals surface area contributed by atoms with E-state index >= 15 is 0 Å². The lowest BCUT2D eigenvalue weighted by atomic mass is 9.95. The zero-order chi connectivity index (χ0) is 18.7. The van der Waals surface area contributed by atoms with Crippen LogP contribution in [0.4, 0.5) is 0 Å². The van der Waals surface area contributed by atoms with Gasteiger partial charge < -0.3 is 14.9 Å². The zero-order valence-corrected chi connectivity index (χ0v) is 13.9. The van der Waals surface area contributed by atoms with Crippen LogP contribution >= 0.6 is 0 Å². The summed E-state index contributed by atoms with van der Waals surface area (Å²) in [6.45, 7) is 0. The highest BCUT2D eigenvalue weighted by atomic mass is 16.5. The summed E-state index contributed by atoms with van der Waals surface area (Å²) in [7, 11) is 1.52. The molecule has 0 bridgehead atoms. The Labute approximate surface area is 150 Å². The molecule has 0 amide bonds. The number of aromatic carboxylic acids is 1. The van der Waals surface area contributed by atoms with Crippen LogP contribution < -0.4 is 4.74 Å². The molecule has 0 radical (unpaired) electrons. The fraction of sp³-hybridized carbons (Fsp3) is 0.0476. The molecule has 2 aromatic carbocycles. The molecule has 2 aromatic rings. The van der Waals surface area contributed by atoms with Gasteiger partial charge in [0.15, 0.2) is 0 Å². The maximum atomic E-state index is 11.4. The van der Waals surface area contributed by atoms with E-state index in [2.05, 4.69) is 17.0 Å². The summed E-state index contributed by atoms with van der Waals surface area (Å²) in [6, 6.07) is 13.6. The summed E-state index contributed by atoms with van der Waals surface area (Å²) in [5.74, 6) is 1.65. The largest absolute Gasteiger partial charge is 0.508 e. The Bertz CT molecular complexity index is 1020. The van der Waals surface area contributed by atoms with Crippen LogP contribution in [0.5, 0.6) is 11.5 Å². The number of hydrogen-bond donors (Lipinski definition) is 2. The first-order valence-electron chi connectivity index (χ1n) is 7.71. The average molecular weight is 345 g/mol. The van der Waals surface area contributed by atoms with E-state index in [0.29, 0.717) is 16.9 Å². The minimum absolute atomic E-state index is 0.0152. The van der Waals surface area contributed by atoms with E-state index < -0.39 is 5.97 Å². The van der Waals surface area contributed by atoms with Crippen molar-refractivity contribution < 1.29 is 19.7 Å². The number of terminal acetylenes is 1. The van der Waals surface area contributed by atoms with Gasteiger partial charge in [0.05, 0.1) is 18.4 Å². The molecule has 1 aliphatic heterocycles. The summed E-state index contributed by atoms with van der Waals surface area (Å²) >= 11 is 0. The Balaban J connectivity index is 0.000000269. The molecule has 5 heteroatoms. The fourth-order valence-corrected chi connectivity index (χ4v) is 2.54. The molecule has 0 aromatic heterocycles. The standard InChI is InChI=1S/C16H12O4.C5H3N/c1-3-10-7-12(17)9-14(15(10)16(18)19)11-5-4-6-13(8-11)20-2;1-2-6-5-3-4(1)5/h1,4-9,17H,2H3,(H,18,19);1-3H. The molecule has 0 spiro atoms. The topological polar surface area (TPSA) is 79.7 Å². The number of fused-ring (bicyclic) bond motifs is 1. The van der Waals surface area contributed by atoms with Crippen LogP contribution in [0.2, 0.25) is 0 Å². The van der Waals surface area contributed by atoms with Crippen molar-refractivity contribution in [2.75, 3.05) is 7.11 Å². The number of ether oxygens (including phenoxy) is 1. The van der Waals surface area contributed by atoms with Gasteiger partial charge in [-0.1, -0.05) is 18.1 Å². The smallest absolute Gasteiger partial charge is 0.337 e. The Morgan fingerprint density at radius 1 is 1.15 bits per heavy atom. The lowest BCUT2D eigenvalue weighted by Gasteiger charge is -2.11. The van der Waals surface area contributed by atoms with E-state index in [1.165, 1.54) is 30.5 Å². The third kappa shape index (κ3) is 3.50. The SMILES string of the molecule is C#Cc1cc(O)cc(-c2cccc(OC)c2)c1C(=O)O.c1cc2cc-2n1. The quantitative estimate of drug-likeness (QED) is 0.552. The molecule has 5 nitrogen and oxygen atoms in total. The normalized spacial score (nSPS) is 10.2. The second-order valence-electron chi connectivity index (χ2n) is 5.53. The predicted molar refractivity (Wildman–Crippen MR) is 98.2 cm³/mol. The first kappa shape index (κ1) is 17.1. The van der Waals surface area contributed by atoms with Crippen LogP contribution in [0.25, 0.3) is 22.4 Å². The number of rotatable bonds is 3. The minimum atomic E-state index is -1.14. The van der Waals surface area contributed by atoms with Crippen LogP contribution in [0.1, 0.15) is 15.9 Å². The highest BCUT2D eigenvalue weighted by Gasteiger charge is 2.18. The number of aromatic nitrogens is 1. The summed E-state index contributed by atoms with van der Waals surface area (Å²) in [6.07, 6.45) is 7.14.